The van der Waals surface area contributed by atoms with Crippen LogP contribution in [0.5, 0.6) is 11.5 Å². The second kappa shape index (κ2) is 11.4. The molecule has 0 unspecified atom stereocenters. The molecule has 0 aliphatic carbocycles. The minimum atomic E-state index is -0.630. The van der Waals surface area contributed by atoms with Gasteiger partial charge >= 0.3 is 0 Å². The van der Waals surface area contributed by atoms with Crippen molar-refractivity contribution in [3.63, 3.8) is 0 Å². The lowest BCUT2D eigenvalue weighted by atomic mass is 10.1. The van der Waals surface area contributed by atoms with Crippen LogP contribution in [0, 0.1) is 17.1 Å². The maximum absolute atomic E-state index is 13.1. The molecule has 5 nitrogen and oxygen atoms in total. The number of nitrogens with one attached hydrogen (secondary N) is 1. The molecule has 0 spiro atoms. The number of anilines is 1. The summed E-state index contributed by atoms with van der Waals surface area (Å²) in [6, 6.07) is 24.5. The molecule has 0 radical (unpaired) electrons. The van der Waals surface area contributed by atoms with Gasteiger partial charge in [-0.1, -0.05) is 54.1 Å². The largest absolute Gasteiger partial charge is 0.490 e. The number of hydrogen-bond donors (Lipinski definition) is 1. The van der Waals surface area contributed by atoms with Gasteiger partial charge in [0.05, 0.1) is 11.6 Å². The van der Waals surface area contributed by atoms with E-state index in [0.717, 1.165) is 16.3 Å². The van der Waals surface area contributed by atoms with E-state index in [0.29, 0.717) is 29.4 Å². The maximum Gasteiger partial charge on any atom is 0.266 e. The number of fused-ring (bicyclic) bond motifs is 1. The van der Waals surface area contributed by atoms with Crippen LogP contribution in [0.1, 0.15) is 18.1 Å². The molecule has 0 aromatic heterocycles. The molecule has 0 fully saturated rings. The Morgan fingerprint density at radius 3 is 2.56 bits per heavy atom. The van der Waals surface area contributed by atoms with Gasteiger partial charge in [0.1, 0.15) is 24.1 Å². The molecule has 0 aliphatic heterocycles. The minimum absolute atomic E-state index is 0.151. The fourth-order valence-corrected chi connectivity index (χ4v) is 3.96. The van der Waals surface area contributed by atoms with Crippen LogP contribution in [0.15, 0.2) is 84.4 Å². The number of nitriles is 1. The average molecular weight is 501 g/mol. The lowest BCUT2D eigenvalue weighted by molar-refractivity contribution is -0.112. The van der Waals surface area contributed by atoms with E-state index < -0.39 is 11.7 Å². The molecule has 36 heavy (non-hydrogen) atoms. The van der Waals surface area contributed by atoms with Crippen LogP contribution in [0.3, 0.4) is 0 Å². The molecule has 1 N–H and O–H groups in total. The topological polar surface area (TPSA) is 71.3 Å². The van der Waals surface area contributed by atoms with Crippen LogP contribution in [0.4, 0.5) is 10.1 Å². The van der Waals surface area contributed by atoms with Crippen molar-refractivity contribution in [3.8, 4) is 17.6 Å². The molecule has 1 amide bonds. The van der Waals surface area contributed by atoms with Gasteiger partial charge in [-0.15, -0.1) is 0 Å². The summed E-state index contributed by atoms with van der Waals surface area (Å²) in [7, 11) is 0. The Kier molecular flexibility index (Phi) is 7.84. The summed E-state index contributed by atoms with van der Waals surface area (Å²) in [6.45, 7) is 2.48. The highest BCUT2D eigenvalue weighted by Crippen LogP contribution is 2.38. The number of rotatable bonds is 8. The van der Waals surface area contributed by atoms with E-state index in [-0.39, 0.29) is 17.2 Å². The summed E-state index contributed by atoms with van der Waals surface area (Å²) in [5, 5.41) is 14.6. The third-order valence-electron chi connectivity index (χ3n) is 5.36. The summed E-state index contributed by atoms with van der Waals surface area (Å²) in [5.41, 5.74) is 1.71. The van der Waals surface area contributed by atoms with Gasteiger partial charge < -0.3 is 14.8 Å². The maximum atomic E-state index is 13.1. The number of ether oxygens (including phenoxy) is 2. The zero-order chi connectivity index (χ0) is 25.5. The van der Waals surface area contributed by atoms with E-state index >= 15 is 0 Å². The number of benzene rings is 4. The van der Waals surface area contributed by atoms with Gasteiger partial charge in [0.25, 0.3) is 5.91 Å². The predicted molar refractivity (Wildman–Crippen MR) is 140 cm³/mol. The molecule has 0 saturated heterocycles. The summed E-state index contributed by atoms with van der Waals surface area (Å²) < 4.78 is 25.0. The first-order chi connectivity index (χ1) is 17.5. The molecule has 0 atom stereocenters. The second-order valence-electron chi connectivity index (χ2n) is 7.82. The number of amides is 1. The molecular weight excluding hydrogens is 479 g/mol. The van der Waals surface area contributed by atoms with E-state index in [1.54, 1.807) is 12.1 Å². The number of carbonyl (C=O) groups excluding carboxylic acids is 1. The minimum Gasteiger partial charge on any atom is -0.490 e. The number of halogens is 2. The van der Waals surface area contributed by atoms with Gasteiger partial charge in [-0.3, -0.25) is 4.79 Å². The number of nitrogens with zero attached hydrogens (tertiary/aromatic N) is 1. The van der Waals surface area contributed by atoms with Crippen molar-refractivity contribution in [1.29, 1.82) is 5.26 Å². The van der Waals surface area contributed by atoms with E-state index in [1.807, 2.05) is 55.5 Å². The van der Waals surface area contributed by atoms with Crippen molar-refractivity contribution in [1.82, 2.24) is 0 Å². The van der Waals surface area contributed by atoms with Gasteiger partial charge in [-0.25, -0.2) is 4.39 Å². The molecule has 7 heteroatoms. The van der Waals surface area contributed by atoms with Crippen LogP contribution >= 0.6 is 11.6 Å². The van der Waals surface area contributed by atoms with E-state index in [2.05, 4.69) is 5.32 Å². The SMILES string of the molecule is CCOc1cc(/C=C(\C#N)C(=O)Nc2ccc(F)cc2)cc(Cl)c1OCc1cccc2ccccc12. The lowest BCUT2D eigenvalue weighted by Crippen LogP contribution is -2.13. The summed E-state index contributed by atoms with van der Waals surface area (Å²) in [5.74, 6) is -0.287. The Bertz CT molecular complexity index is 1470. The van der Waals surface area contributed by atoms with Crippen molar-refractivity contribution >= 4 is 40.0 Å². The van der Waals surface area contributed by atoms with Crippen LogP contribution < -0.4 is 14.8 Å². The van der Waals surface area contributed by atoms with Crippen molar-refractivity contribution in [2.45, 2.75) is 13.5 Å². The van der Waals surface area contributed by atoms with Crippen LogP contribution in [0.25, 0.3) is 16.8 Å². The molecule has 4 aromatic carbocycles. The van der Waals surface area contributed by atoms with Gasteiger partial charge in [0.2, 0.25) is 0 Å². The van der Waals surface area contributed by atoms with Gasteiger partial charge in [-0.2, -0.15) is 5.26 Å². The molecule has 0 bridgehead atoms. The third kappa shape index (κ3) is 5.83. The molecule has 0 heterocycles. The fraction of sp³-hybridized carbons (Fsp3) is 0.103. The highest BCUT2D eigenvalue weighted by atomic mass is 35.5. The van der Waals surface area contributed by atoms with Crippen molar-refractivity contribution in [2.75, 3.05) is 11.9 Å². The third-order valence-corrected chi connectivity index (χ3v) is 5.64. The quantitative estimate of drug-likeness (QED) is 0.206. The van der Waals surface area contributed by atoms with E-state index in [1.165, 1.54) is 30.3 Å². The van der Waals surface area contributed by atoms with E-state index in [9.17, 15) is 14.4 Å². The van der Waals surface area contributed by atoms with Crippen LogP contribution in [-0.2, 0) is 11.4 Å². The van der Waals surface area contributed by atoms with Gasteiger partial charge in [-0.05, 0) is 71.3 Å². The zero-order valence-electron chi connectivity index (χ0n) is 19.4. The van der Waals surface area contributed by atoms with Crippen molar-refractivity contribution in [3.05, 3.63) is 106 Å². The first kappa shape index (κ1) is 24.8. The normalized spacial score (nSPS) is 11.1. The van der Waals surface area contributed by atoms with Crippen molar-refractivity contribution in [2.24, 2.45) is 0 Å². The number of hydrogen-bond acceptors (Lipinski definition) is 4. The van der Waals surface area contributed by atoms with E-state index in [4.69, 9.17) is 21.1 Å². The molecule has 4 rings (SSSR count). The Morgan fingerprint density at radius 2 is 1.81 bits per heavy atom. The Labute approximate surface area is 213 Å². The summed E-state index contributed by atoms with van der Waals surface area (Å²) >= 11 is 6.55. The summed E-state index contributed by atoms with van der Waals surface area (Å²) in [4.78, 5) is 12.6. The standard InChI is InChI=1S/C29H22ClFN2O3/c1-2-35-27-16-19(14-22(17-32)29(34)33-24-12-10-23(31)11-13-24)15-26(30)28(27)36-18-21-8-5-7-20-6-3-4-9-25(20)21/h3-16H,2,18H2,1H3,(H,33,34)/b22-14+. The van der Waals surface area contributed by atoms with Gasteiger partial charge in [0.15, 0.2) is 11.5 Å². The first-order valence-electron chi connectivity index (χ1n) is 11.2. The fourth-order valence-electron chi connectivity index (χ4n) is 3.69. The molecule has 180 valence electrons. The smallest absolute Gasteiger partial charge is 0.266 e. The molecule has 4 aromatic rings. The highest BCUT2D eigenvalue weighted by Gasteiger charge is 2.15. The first-order valence-corrected chi connectivity index (χ1v) is 11.6. The molecular formula is C29H22ClFN2O3. The zero-order valence-corrected chi connectivity index (χ0v) is 20.2. The average Bonchev–Trinajstić information content (AvgIpc) is 2.88. The Morgan fingerprint density at radius 1 is 1.06 bits per heavy atom. The van der Waals surface area contributed by atoms with Crippen LogP contribution in [-0.4, -0.2) is 12.5 Å². The Balaban J connectivity index is 1.59. The number of carbonyl (C=O) groups is 1. The van der Waals surface area contributed by atoms with Crippen LogP contribution in [0.2, 0.25) is 5.02 Å². The second-order valence-corrected chi connectivity index (χ2v) is 8.23. The van der Waals surface area contributed by atoms with Crippen molar-refractivity contribution < 1.29 is 18.7 Å². The lowest BCUT2D eigenvalue weighted by Gasteiger charge is -2.15. The Hall–Kier alpha value is -4.34. The molecule has 0 saturated carbocycles. The van der Waals surface area contributed by atoms with Gasteiger partial charge in [0, 0.05) is 5.69 Å². The summed E-state index contributed by atoms with van der Waals surface area (Å²) in [6.07, 6.45) is 1.40. The monoisotopic (exact) mass is 500 g/mol. The highest BCUT2D eigenvalue weighted by molar-refractivity contribution is 6.32. The predicted octanol–water partition coefficient (Wildman–Crippen LogP) is 7.16. The molecule has 0 aliphatic rings.